The van der Waals surface area contributed by atoms with Crippen molar-refractivity contribution in [3.8, 4) is 0 Å². The van der Waals surface area contributed by atoms with E-state index in [9.17, 15) is 16.8 Å². The number of hydrogen-bond donors (Lipinski definition) is 3. The molecule has 0 aliphatic carbocycles. The van der Waals surface area contributed by atoms with Gasteiger partial charge in [-0.3, -0.25) is 9.44 Å². The minimum absolute atomic E-state index is 0. The van der Waals surface area contributed by atoms with Crippen LogP contribution in [0.15, 0.2) is 89.2 Å². The molecule has 0 atom stereocenters. The van der Waals surface area contributed by atoms with Crippen molar-refractivity contribution in [3.05, 3.63) is 89.8 Å². The lowest BCUT2D eigenvalue weighted by molar-refractivity contribution is 0.589. The molecular formula is C24H27ClN4O4S2. The van der Waals surface area contributed by atoms with E-state index in [1.54, 1.807) is 48.5 Å². The van der Waals surface area contributed by atoms with Crippen molar-refractivity contribution in [1.82, 2.24) is 5.32 Å². The van der Waals surface area contributed by atoms with E-state index in [-0.39, 0.29) is 28.7 Å². The Hall–Kier alpha value is -3.05. The molecule has 4 rings (SSSR count). The molecule has 186 valence electrons. The second-order valence-corrected chi connectivity index (χ2v) is 11.0. The fourth-order valence-corrected chi connectivity index (χ4v) is 5.53. The SMILES string of the molecule is Cl.O=S(=O)(C=Cc1ccccc1)Nc1ccc(N2CCNCC2)cc1NS(=O)(=O)c1ccccc1. The zero-order chi connectivity index (χ0) is 24.0. The van der Waals surface area contributed by atoms with Crippen LogP contribution in [0.4, 0.5) is 17.1 Å². The van der Waals surface area contributed by atoms with Gasteiger partial charge in [0, 0.05) is 31.9 Å². The lowest BCUT2D eigenvalue weighted by Crippen LogP contribution is -2.43. The number of nitrogens with zero attached hydrogens (tertiary/aromatic N) is 1. The molecule has 0 saturated carbocycles. The molecule has 0 bridgehead atoms. The van der Waals surface area contributed by atoms with Crippen LogP contribution in [0.5, 0.6) is 0 Å². The molecule has 0 unspecified atom stereocenters. The molecule has 3 aromatic rings. The Bertz CT molecular complexity index is 1360. The van der Waals surface area contributed by atoms with Crippen molar-refractivity contribution in [2.24, 2.45) is 0 Å². The monoisotopic (exact) mass is 534 g/mol. The number of piperazine rings is 1. The van der Waals surface area contributed by atoms with Crippen molar-refractivity contribution >= 4 is 55.6 Å². The molecule has 1 fully saturated rings. The van der Waals surface area contributed by atoms with Crippen LogP contribution in [0.2, 0.25) is 0 Å². The van der Waals surface area contributed by atoms with Crippen LogP contribution in [-0.2, 0) is 20.0 Å². The lowest BCUT2D eigenvalue weighted by Gasteiger charge is -2.30. The Labute approximate surface area is 212 Å². The highest BCUT2D eigenvalue weighted by Crippen LogP contribution is 2.31. The maximum absolute atomic E-state index is 13.0. The number of benzene rings is 3. The van der Waals surface area contributed by atoms with E-state index in [1.165, 1.54) is 18.2 Å². The van der Waals surface area contributed by atoms with E-state index in [1.807, 2.05) is 18.2 Å². The van der Waals surface area contributed by atoms with Crippen LogP contribution in [-0.4, -0.2) is 43.0 Å². The minimum atomic E-state index is -3.93. The molecule has 0 amide bonds. The van der Waals surface area contributed by atoms with Gasteiger partial charge in [0.25, 0.3) is 20.0 Å². The summed E-state index contributed by atoms with van der Waals surface area (Å²) < 4.78 is 56.5. The van der Waals surface area contributed by atoms with Gasteiger partial charge in [0.2, 0.25) is 0 Å². The van der Waals surface area contributed by atoms with Gasteiger partial charge in [-0.25, -0.2) is 16.8 Å². The average Bonchev–Trinajstić information content (AvgIpc) is 2.85. The zero-order valence-corrected chi connectivity index (χ0v) is 21.2. The first-order chi connectivity index (χ1) is 16.3. The summed E-state index contributed by atoms with van der Waals surface area (Å²) in [5.74, 6) is 0. The van der Waals surface area contributed by atoms with Gasteiger partial charge in [0.1, 0.15) is 0 Å². The Kier molecular flexibility index (Phi) is 8.79. The molecule has 3 aromatic carbocycles. The largest absolute Gasteiger partial charge is 0.369 e. The summed E-state index contributed by atoms with van der Waals surface area (Å²) >= 11 is 0. The van der Waals surface area contributed by atoms with Crippen molar-refractivity contribution in [1.29, 1.82) is 0 Å². The number of anilines is 3. The van der Waals surface area contributed by atoms with Crippen LogP contribution in [0.25, 0.3) is 6.08 Å². The van der Waals surface area contributed by atoms with Gasteiger partial charge >= 0.3 is 0 Å². The van der Waals surface area contributed by atoms with E-state index < -0.39 is 20.0 Å². The quantitative estimate of drug-likeness (QED) is 0.406. The maximum Gasteiger partial charge on any atom is 0.261 e. The Morgan fingerprint density at radius 1 is 0.771 bits per heavy atom. The standard InChI is InChI=1S/C24H26N4O4S2.ClH/c29-33(30,18-13-20-7-3-1-4-8-20)26-23-12-11-21(28-16-14-25-15-17-28)19-24(23)27-34(31,32)22-9-5-2-6-10-22;/h1-13,18-19,25-27H,14-17H2;1H. The first kappa shape index (κ1) is 26.6. The highest BCUT2D eigenvalue weighted by atomic mass is 35.5. The predicted molar refractivity (Wildman–Crippen MR) is 144 cm³/mol. The van der Waals surface area contributed by atoms with Gasteiger partial charge in [0.05, 0.1) is 21.7 Å². The third kappa shape index (κ3) is 7.22. The third-order valence-electron chi connectivity index (χ3n) is 5.27. The van der Waals surface area contributed by atoms with E-state index in [2.05, 4.69) is 19.7 Å². The average molecular weight is 535 g/mol. The number of halogens is 1. The molecule has 8 nitrogen and oxygen atoms in total. The summed E-state index contributed by atoms with van der Waals surface area (Å²) in [6.07, 6.45) is 1.48. The maximum atomic E-state index is 13.0. The molecular weight excluding hydrogens is 508 g/mol. The van der Waals surface area contributed by atoms with Crippen LogP contribution in [0, 0.1) is 0 Å². The van der Waals surface area contributed by atoms with E-state index >= 15 is 0 Å². The number of nitrogens with one attached hydrogen (secondary N) is 3. The molecule has 1 aliphatic heterocycles. The van der Waals surface area contributed by atoms with Crippen LogP contribution in [0.3, 0.4) is 0 Å². The molecule has 0 aromatic heterocycles. The Balaban J connectivity index is 0.00000342. The molecule has 0 spiro atoms. The number of rotatable bonds is 8. The highest BCUT2D eigenvalue weighted by Gasteiger charge is 2.20. The summed E-state index contributed by atoms with van der Waals surface area (Å²) in [7, 11) is -7.83. The first-order valence-electron chi connectivity index (χ1n) is 10.8. The molecule has 35 heavy (non-hydrogen) atoms. The summed E-state index contributed by atoms with van der Waals surface area (Å²) in [5.41, 5.74) is 1.81. The highest BCUT2D eigenvalue weighted by molar-refractivity contribution is 7.95. The van der Waals surface area contributed by atoms with Crippen LogP contribution >= 0.6 is 12.4 Å². The first-order valence-corrected chi connectivity index (χ1v) is 13.8. The Morgan fingerprint density at radius 3 is 2.06 bits per heavy atom. The molecule has 1 saturated heterocycles. The number of sulfonamides is 2. The summed E-state index contributed by atoms with van der Waals surface area (Å²) in [5, 5.41) is 4.33. The molecule has 0 radical (unpaired) electrons. The van der Waals surface area contributed by atoms with Crippen LogP contribution < -0.4 is 19.7 Å². The van der Waals surface area contributed by atoms with Crippen molar-refractivity contribution in [3.63, 3.8) is 0 Å². The van der Waals surface area contributed by atoms with Crippen molar-refractivity contribution in [2.45, 2.75) is 4.90 Å². The Morgan fingerprint density at radius 2 is 1.40 bits per heavy atom. The molecule has 1 aliphatic rings. The topological polar surface area (TPSA) is 108 Å². The third-order valence-corrected chi connectivity index (χ3v) is 7.65. The van der Waals surface area contributed by atoms with E-state index in [0.29, 0.717) is 0 Å². The van der Waals surface area contributed by atoms with Crippen molar-refractivity contribution < 1.29 is 16.8 Å². The molecule has 11 heteroatoms. The second kappa shape index (κ2) is 11.6. The van der Waals surface area contributed by atoms with Gasteiger partial charge in [0.15, 0.2) is 0 Å². The predicted octanol–water partition coefficient (Wildman–Crippen LogP) is 3.73. The number of hydrogen-bond acceptors (Lipinski definition) is 6. The normalized spacial score (nSPS) is 14.3. The smallest absolute Gasteiger partial charge is 0.261 e. The zero-order valence-electron chi connectivity index (χ0n) is 18.8. The van der Waals surface area contributed by atoms with Crippen LogP contribution in [0.1, 0.15) is 5.56 Å². The van der Waals surface area contributed by atoms with Gasteiger partial charge in [-0.2, -0.15) is 0 Å². The fourth-order valence-electron chi connectivity index (χ4n) is 3.55. The summed E-state index contributed by atoms with van der Waals surface area (Å²) in [6, 6.07) is 22.0. The lowest BCUT2D eigenvalue weighted by atomic mass is 10.2. The van der Waals surface area contributed by atoms with Gasteiger partial charge in [-0.1, -0.05) is 48.5 Å². The minimum Gasteiger partial charge on any atom is -0.369 e. The van der Waals surface area contributed by atoms with Gasteiger partial charge in [-0.05, 0) is 42.0 Å². The van der Waals surface area contributed by atoms with E-state index in [4.69, 9.17) is 0 Å². The summed E-state index contributed by atoms with van der Waals surface area (Å²) in [4.78, 5) is 2.20. The van der Waals surface area contributed by atoms with Gasteiger partial charge < -0.3 is 10.2 Å². The van der Waals surface area contributed by atoms with Gasteiger partial charge in [-0.15, -0.1) is 12.4 Å². The molecule has 1 heterocycles. The second-order valence-electron chi connectivity index (χ2n) is 7.75. The van der Waals surface area contributed by atoms with E-state index in [0.717, 1.165) is 42.8 Å². The van der Waals surface area contributed by atoms with Crippen molar-refractivity contribution in [2.75, 3.05) is 40.5 Å². The molecule has 3 N–H and O–H groups in total. The summed E-state index contributed by atoms with van der Waals surface area (Å²) in [6.45, 7) is 3.14. The fraction of sp³-hybridized carbons (Fsp3) is 0.167.